The van der Waals surface area contributed by atoms with Crippen molar-refractivity contribution >= 4 is 34.8 Å². The van der Waals surface area contributed by atoms with Crippen LogP contribution in [0.15, 0.2) is 35.3 Å². The van der Waals surface area contributed by atoms with E-state index in [0.29, 0.717) is 11.3 Å². The van der Waals surface area contributed by atoms with Gasteiger partial charge < -0.3 is 11.1 Å². The molecule has 6 nitrogen and oxygen atoms in total. The summed E-state index contributed by atoms with van der Waals surface area (Å²) in [6.45, 7) is 5.76. The summed E-state index contributed by atoms with van der Waals surface area (Å²) in [5.74, 6) is -0.208. The summed E-state index contributed by atoms with van der Waals surface area (Å²) in [6.07, 6.45) is 0.202. The number of aryl methyl sites for hydroxylation is 2. The van der Waals surface area contributed by atoms with Crippen molar-refractivity contribution in [2.75, 3.05) is 5.32 Å². The predicted octanol–water partition coefficient (Wildman–Crippen LogP) is 2.67. The smallest absolute Gasteiger partial charge is 0.256 e. The summed E-state index contributed by atoms with van der Waals surface area (Å²) in [5.41, 5.74) is 7.11. The number of nitrogens with two attached hydrogens (primary N) is 1. The van der Waals surface area contributed by atoms with Gasteiger partial charge >= 0.3 is 0 Å². The van der Waals surface area contributed by atoms with Crippen LogP contribution in [0.3, 0.4) is 0 Å². The Labute approximate surface area is 150 Å². The Kier molecular flexibility index (Phi) is 4.34. The Hall–Kier alpha value is -2.67. The van der Waals surface area contributed by atoms with E-state index in [1.807, 2.05) is 51.1 Å². The standard InChI is InChI=1S/C18H20N4O2S/c1-10-7-14(11(2)25-10)16(24)20-13-6-4-5-12(8-13)18(3)9-15(23)21-17(19)22-18/h4-8H,9H2,1-3H3,(H,20,24)(H3,19,21,22,23). The highest BCUT2D eigenvalue weighted by atomic mass is 32.1. The van der Waals surface area contributed by atoms with Crippen molar-refractivity contribution in [3.8, 4) is 0 Å². The summed E-state index contributed by atoms with van der Waals surface area (Å²) in [4.78, 5) is 30.8. The molecule has 1 atom stereocenters. The van der Waals surface area contributed by atoms with Crippen molar-refractivity contribution in [1.82, 2.24) is 5.32 Å². The second-order valence-corrected chi connectivity index (χ2v) is 7.82. The zero-order valence-electron chi connectivity index (χ0n) is 14.3. The average molecular weight is 356 g/mol. The lowest BCUT2D eigenvalue weighted by atomic mass is 9.87. The fourth-order valence-electron chi connectivity index (χ4n) is 2.99. The molecule has 2 amide bonds. The average Bonchev–Trinajstić information content (AvgIpc) is 2.85. The van der Waals surface area contributed by atoms with Crippen LogP contribution in [0, 0.1) is 13.8 Å². The highest BCUT2D eigenvalue weighted by molar-refractivity contribution is 7.12. The van der Waals surface area contributed by atoms with Gasteiger partial charge in [0.15, 0.2) is 5.96 Å². The van der Waals surface area contributed by atoms with Crippen molar-refractivity contribution in [3.05, 3.63) is 51.2 Å². The second-order valence-electron chi connectivity index (χ2n) is 6.36. The van der Waals surface area contributed by atoms with E-state index in [0.717, 1.165) is 15.3 Å². The third-order valence-electron chi connectivity index (χ3n) is 4.17. The summed E-state index contributed by atoms with van der Waals surface area (Å²) < 4.78 is 0. The molecule has 0 fully saturated rings. The van der Waals surface area contributed by atoms with Crippen LogP contribution in [-0.4, -0.2) is 17.8 Å². The lowest BCUT2D eigenvalue weighted by molar-refractivity contribution is -0.121. The van der Waals surface area contributed by atoms with Gasteiger partial charge in [-0.25, -0.2) is 4.99 Å². The van der Waals surface area contributed by atoms with Gasteiger partial charge in [-0.05, 0) is 44.5 Å². The topological polar surface area (TPSA) is 96.6 Å². The first-order valence-corrected chi connectivity index (χ1v) is 8.72. The van der Waals surface area contributed by atoms with Gasteiger partial charge in [-0.2, -0.15) is 0 Å². The van der Waals surface area contributed by atoms with Crippen LogP contribution in [0.4, 0.5) is 5.69 Å². The van der Waals surface area contributed by atoms with Crippen LogP contribution in [0.1, 0.15) is 39.0 Å². The van der Waals surface area contributed by atoms with E-state index in [-0.39, 0.29) is 24.2 Å². The van der Waals surface area contributed by atoms with Crippen molar-refractivity contribution in [2.24, 2.45) is 10.7 Å². The summed E-state index contributed by atoms with van der Waals surface area (Å²) in [7, 11) is 0. The molecule has 2 aromatic rings. The van der Waals surface area contributed by atoms with Crippen molar-refractivity contribution in [2.45, 2.75) is 32.7 Å². The Balaban J connectivity index is 1.87. The van der Waals surface area contributed by atoms with Gasteiger partial charge in [-0.3, -0.25) is 14.9 Å². The molecule has 0 radical (unpaired) electrons. The molecule has 0 spiro atoms. The quantitative estimate of drug-likeness (QED) is 0.789. The van der Waals surface area contributed by atoms with Gasteiger partial charge in [0.05, 0.1) is 17.5 Å². The molecule has 2 heterocycles. The lowest BCUT2D eigenvalue weighted by Gasteiger charge is -2.29. The van der Waals surface area contributed by atoms with Gasteiger partial charge in [0.1, 0.15) is 0 Å². The van der Waals surface area contributed by atoms with Crippen LogP contribution in [0.2, 0.25) is 0 Å². The molecule has 1 aliphatic rings. The number of carbonyl (C=O) groups is 2. The van der Waals surface area contributed by atoms with Crippen molar-refractivity contribution in [3.63, 3.8) is 0 Å². The summed E-state index contributed by atoms with van der Waals surface area (Å²) in [6, 6.07) is 9.25. The Bertz CT molecular complexity index is 887. The minimum atomic E-state index is -0.748. The molecule has 0 saturated carbocycles. The predicted molar refractivity (Wildman–Crippen MR) is 99.9 cm³/mol. The number of benzene rings is 1. The van der Waals surface area contributed by atoms with E-state index in [2.05, 4.69) is 15.6 Å². The van der Waals surface area contributed by atoms with Crippen molar-refractivity contribution < 1.29 is 9.59 Å². The first-order valence-electron chi connectivity index (χ1n) is 7.91. The number of hydrogen-bond donors (Lipinski definition) is 3. The van der Waals surface area contributed by atoms with Crippen LogP contribution >= 0.6 is 11.3 Å². The normalized spacial score (nSPS) is 20.0. The van der Waals surface area contributed by atoms with E-state index < -0.39 is 5.54 Å². The number of amides is 2. The fraction of sp³-hybridized carbons (Fsp3) is 0.278. The maximum atomic E-state index is 12.5. The second kappa shape index (κ2) is 6.33. The largest absolute Gasteiger partial charge is 0.370 e. The number of guanidine groups is 1. The molecule has 4 N–H and O–H groups in total. The number of thiophene rings is 1. The number of aliphatic imine (C=N–C) groups is 1. The molecule has 1 aliphatic heterocycles. The maximum absolute atomic E-state index is 12.5. The summed E-state index contributed by atoms with van der Waals surface area (Å²) in [5, 5.41) is 5.42. The van der Waals surface area contributed by atoms with Crippen LogP contribution in [-0.2, 0) is 10.3 Å². The lowest BCUT2D eigenvalue weighted by Crippen LogP contribution is -2.46. The Morgan fingerprint density at radius 2 is 2.12 bits per heavy atom. The molecular weight excluding hydrogens is 336 g/mol. The van der Waals surface area contributed by atoms with E-state index in [1.54, 1.807) is 11.3 Å². The number of hydrogen-bond acceptors (Lipinski definition) is 5. The number of rotatable bonds is 3. The maximum Gasteiger partial charge on any atom is 0.256 e. The monoisotopic (exact) mass is 356 g/mol. The molecule has 7 heteroatoms. The third-order valence-corrected chi connectivity index (χ3v) is 5.13. The number of carbonyl (C=O) groups excluding carboxylic acids is 2. The molecule has 0 aliphatic carbocycles. The van der Waals surface area contributed by atoms with Gasteiger partial charge in [0.25, 0.3) is 5.91 Å². The SMILES string of the molecule is Cc1cc(C(=O)Nc2cccc(C3(C)CC(=O)NC(N)=N3)c2)c(C)s1. The van der Waals surface area contributed by atoms with Gasteiger partial charge in [-0.15, -0.1) is 11.3 Å². The third kappa shape index (κ3) is 3.56. The van der Waals surface area contributed by atoms with Gasteiger partial charge in [0.2, 0.25) is 5.91 Å². The molecular formula is C18H20N4O2S. The first kappa shape index (κ1) is 17.2. The molecule has 0 bridgehead atoms. The molecule has 130 valence electrons. The minimum Gasteiger partial charge on any atom is -0.370 e. The highest BCUT2D eigenvalue weighted by Crippen LogP contribution is 2.32. The molecule has 25 heavy (non-hydrogen) atoms. The zero-order valence-corrected chi connectivity index (χ0v) is 15.2. The molecule has 1 aromatic carbocycles. The minimum absolute atomic E-state index is 0.109. The van der Waals surface area contributed by atoms with E-state index >= 15 is 0 Å². The Morgan fingerprint density at radius 1 is 1.36 bits per heavy atom. The first-order chi connectivity index (χ1) is 11.8. The highest BCUT2D eigenvalue weighted by Gasteiger charge is 2.33. The molecule has 0 saturated heterocycles. The molecule has 3 rings (SSSR count). The van der Waals surface area contributed by atoms with Gasteiger partial charge in [0, 0.05) is 15.4 Å². The van der Waals surface area contributed by atoms with Crippen LogP contribution in [0.5, 0.6) is 0 Å². The number of nitrogens with zero attached hydrogens (tertiary/aromatic N) is 1. The fourth-order valence-corrected chi connectivity index (χ4v) is 3.91. The Morgan fingerprint density at radius 3 is 2.76 bits per heavy atom. The van der Waals surface area contributed by atoms with E-state index in [1.165, 1.54) is 0 Å². The van der Waals surface area contributed by atoms with Gasteiger partial charge in [-0.1, -0.05) is 12.1 Å². The van der Waals surface area contributed by atoms with Crippen LogP contribution in [0.25, 0.3) is 0 Å². The number of anilines is 1. The molecule has 1 aromatic heterocycles. The van der Waals surface area contributed by atoms with Crippen LogP contribution < -0.4 is 16.4 Å². The van der Waals surface area contributed by atoms with E-state index in [9.17, 15) is 9.59 Å². The zero-order chi connectivity index (χ0) is 18.2. The summed E-state index contributed by atoms with van der Waals surface area (Å²) >= 11 is 1.60. The molecule has 1 unspecified atom stereocenters. The number of nitrogens with one attached hydrogen (secondary N) is 2. The van der Waals surface area contributed by atoms with E-state index in [4.69, 9.17) is 5.73 Å². The van der Waals surface area contributed by atoms with Crippen molar-refractivity contribution in [1.29, 1.82) is 0 Å².